The topological polar surface area (TPSA) is 89.4 Å². The molecule has 0 radical (unpaired) electrons. The van der Waals surface area contributed by atoms with Crippen molar-refractivity contribution in [3.05, 3.63) is 64.3 Å². The number of carbonyl (C=O) groups is 1. The number of rotatable bonds is 5. The molecule has 29 heavy (non-hydrogen) atoms. The van der Waals surface area contributed by atoms with E-state index in [0.717, 1.165) is 25.0 Å². The highest BCUT2D eigenvalue weighted by atomic mass is 16.5. The van der Waals surface area contributed by atoms with Gasteiger partial charge in [0.05, 0.1) is 13.2 Å². The molecule has 0 bridgehead atoms. The molecule has 0 spiro atoms. The van der Waals surface area contributed by atoms with Crippen LogP contribution in [0.4, 0.5) is 5.82 Å². The Bertz CT molecular complexity index is 1080. The van der Waals surface area contributed by atoms with Crippen LogP contribution in [0.5, 0.6) is 0 Å². The van der Waals surface area contributed by atoms with E-state index in [1.165, 1.54) is 0 Å². The molecule has 1 aliphatic rings. The first-order chi connectivity index (χ1) is 14.1. The van der Waals surface area contributed by atoms with E-state index in [2.05, 4.69) is 20.2 Å². The van der Waals surface area contributed by atoms with Gasteiger partial charge in [0.2, 0.25) is 0 Å². The smallest absolute Gasteiger partial charge is 0.263 e. The average molecular weight is 393 g/mol. The maximum atomic E-state index is 13.0. The van der Waals surface area contributed by atoms with Crippen LogP contribution >= 0.6 is 0 Å². The van der Waals surface area contributed by atoms with E-state index in [-0.39, 0.29) is 11.1 Å². The van der Waals surface area contributed by atoms with E-state index in [0.29, 0.717) is 36.7 Å². The summed E-state index contributed by atoms with van der Waals surface area (Å²) < 4.78 is 6.94. The zero-order chi connectivity index (χ0) is 20.2. The first kappa shape index (κ1) is 19.2. The zero-order valence-electron chi connectivity index (χ0n) is 16.3. The van der Waals surface area contributed by atoms with Gasteiger partial charge < -0.3 is 14.6 Å². The van der Waals surface area contributed by atoms with E-state index in [9.17, 15) is 9.59 Å². The van der Waals surface area contributed by atoms with Crippen LogP contribution in [0.2, 0.25) is 0 Å². The van der Waals surface area contributed by atoms with Gasteiger partial charge in [0.25, 0.3) is 11.5 Å². The number of amides is 1. The summed E-state index contributed by atoms with van der Waals surface area (Å²) >= 11 is 0. The molecule has 8 nitrogen and oxygen atoms in total. The maximum absolute atomic E-state index is 13.0. The molecule has 1 saturated heterocycles. The first-order valence-electron chi connectivity index (χ1n) is 9.65. The number of nitrogens with one attached hydrogen (secondary N) is 1. The minimum Gasteiger partial charge on any atom is -0.379 e. The fourth-order valence-corrected chi connectivity index (χ4v) is 3.46. The Morgan fingerprint density at radius 1 is 1.14 bits per heavy atom. The summed E-state index contributed by atoms with van der Waals surface area (Å²) in [6.45, 7) is 6.15. The van der Waals surface area contributed by atoms with Crippen molar-refractivity contribution < 1.29 is 9.53 Å². The lowest BCUT2D eigenvalue weighted by atomic mass is 10.1. The Kier molecular flexibility index (Phi) is 5.64. The summed E-state index contributed by atoms with van der Waals surface area (Å²) in [4.78, 5) is 36.7. The fraction of sp³-hybridized carbons (Fsp3) is 0.333. The summed E-state index contributed by atoms with van der Waals surface area (Å²) in [5, 5.41) is 3.63. The van der Waals surface area contributed by atoms with Gasteiger partial charge in [0.15, 0.2) is 5.82 Å². The Morgan fingerprint density at radius 2 is 1.97 bits per heavy atom. The third kappa shape index (κ3) is 4.18. The molecule has 3 aromatic rings. The van der Waals surface area contributed by atoms with Crippen molar-refractivity contribution >= 4 is 22.6 Å². The van der Waals surface area contributed by atoms with Gasteiger partial charge in [0.1, 0.15) is 11.1 Å². The minimum absolute atomic E-state index is 0.129. The molecule has 0 unspecified atom stereocenters. The van der Waals surface area contributed by atoms with Gasteiger partial charge in [0, 0.05) is 50.2 Å². The van der Waals surface area contributed by atoms with Crippen LogP contribution in [0, 0.1) is 6.92 Å². The standard InChI is InChI=1S/C21H23N5O3/c1-15-5-8-26(10-9-25-11-13-29-14-12-25)21(28)17(15)20(27)24-19-18-16(4-7-23-19)3-2-6-22-18/h2-8H,9-14H2,1H3,(H,23,24,27). The molecule has 4 heterocycles. The van der Waals surface area contributed by atoms with Gasteiger partial charge >= 0.3 is 0 Å². The second kappa shape index (κ2) is 8.50. The first-order valence-corrected chi connectivity index (χ1v) is 9.65. The molecule has 0 atom stereocenters. The Hall–Kier alpha value is -3.10. The minimum atomic E-state index is -0.473. The van der Waals surface area contributed by atoms with E-state index in [4.69, 9.17) is 4.74 Å². The number of aromatic nitrogens is 3. The highest BCUT2D eigenvalue weighted by molar-refractivity contribution is 6.07. The SMILES string of the molecule is Cc1ccn(CCN2CCOCC2)c(=O)c1C(=O)Nc1nccc2cccnc12. The third-order valence-corrected chi connectivity index (χ3v) is 5.11. The van der Waals surface area contributed by atoms with E-state index >= 15 is 0 Å². The molecular formula is C21H23N5O3. The second-order valence-electron chi connectivity index (χ2n) is 7.02. The largest absolute Gasteiger partial charge is 0.379 e. The summed E-state index contributed by atoms with van der Waals surface area (Å²) in [7, 11) is 0. The Balaban J connectivity index is 1.57. The summed E-state index contributed by atoms with van der Waals surface area (Å²) in [5.74, 6) is -0.130. The van der Waals surface area contributed by atoms with Crippen LogP contribution < -0.4 is 10.9 Å². The molecule has 1 aliphatic heterocycles. The molecule has 8 heteroatoms. The van der Waals surface area contributed by atoms with Crippen molar-refractivity contribution in [2.75, 3.05) is 38.2 Å². The molecule has 0 aliphatic carbocycles. The zero-order valence-corrected chi connectivity index (χ0v) is 16.3. The van der Waals surface area contributed by atoms with Gasteiger partial charge in [-0.15, -0.1) is 0 Å². The van der Waals surface area contributed by atoms with Crippen molar-refractivity contribution in [1.29, 1.82) is 0 Å². The van der Waals surface area contributed by atoms with Crippen LogP contribution in [0.15, 0.2) is 47.7 Å². The molecule has 0 aromatic carbocycles. The van der Waals surface area contributed by atoms with Gasteiger partial charge in [-0.1, -0.05) is 6.07 Å². The van der Waals surface area contributed by atoms with Crippen molar-refractivity contribution in [2.24, 2.45) is 0 Å². The van der Waals surface area contributed by atoms with Crippen LogP contribution in [-0.2, 0) is 11.3 Å². The quantitative estimate of drug-likeness (QED) is 0.710. The van der Waals surface area contributed by atoms with E-state index in [1.54, 1.807) is 36.1 Å². The van der Waals surface area contributed by atoms with Gasteiger partial charge in [-0.25, -0.2) is 4.98 Å². The molecule has 150 valence electrons. The fourth-order valence-electron chi connectivity index (χ4n) is 3.46. The van der Waals surface area contributed by atoms with Gasteiger partial charge in [-0.05, 0) is 30.7 Å². The lowest BCUT2D eigenvalue weighted by Gasteiger charge is -2.26. The summed E-state index contributed by atoms with van der Waals surface area (Å²) in [6, 6.07) is 7.34. The number of pyridine rings is 3. The number of morpholine rings is 1. The number of nitrogens with zero attached hydrogens (tertiary/aromatic N) is 4. The Morgan fingerprint density at radius 3 is 2.79 bits per heavy atom. The van der Waals surface area contributed by atoms with Gasteiger partial charge in [-0.2, -0.15) is 0 Å². The highest BCUT2D eigenvalue weighted by Crippen LogP contribution is 2.18. The highest BCUT2D eigenvalue weighted by Gasteiger charge is 2.18. The van der Waals surface area contributed by atoms with Crippen LogP contribution in [0.25, 0.3) is 10.9 Å². The normalized spacial score (nSPS) is 14.8. The van der Waals surface area contributed by atoms with Crippen LogP contribution in [0.3, 0.4) is 0 Å². The monoisotopic (exact) mass is 393 g/mol. The number of ether oxygens (including phenoxy) is 1. The average Bonchev–Trinajstić information content (AvgIpc) is 2.74. The lowest BCUT2D eigenvalue weighted by molar-refractivity contribution is 0.0363. The van der Waals surface area contributed by atoms with Crippen molar-refractivity contribution in [3.63, 3.8) is 0 Å². The number of hydrogen-bond acceptors (Lipinski definition) is 6. The molecule has 0 saturated carbocycles. The molecule has 4 rings (SSSR count). The molecule has 1 fully saturated rings. The van der Waals surface area contributed by atoms with Crippen molar-refractivity contribution in [3.8, 4) is 0 Å². The van der Waals surface area contributed by atoms with E-state index < -0.39 is 5.91 Å². The maximum Gasteiger partial charge on any atom is 0.263 e. The number of aryl methyl sites for hydroxylation is 1. The number of fused-ring (bicyclic) bond motifs is 1. The third-order valence-electron chi connectivity index (χ3n) is 5.11. The molecular weight excluding hydrogens is 370 g/mol. The predicted octanol–water partition coefficient (Wildman–Crippen LogP) is 1.68. The molecule has 1 amide bonds. The lowest BCUT2D eigenvalue weighted by Crippen LogP contribution is -2.40. The number of carbonyl (C=O) groups excluding carboxylic acids is 1. The predicted molar refractivity (Wildman–Crippen MR) is 110 cm³/mol. The Labute approximate surface area is 168 Å². The van der Waals surface area contributed by atoms with E-state index in [1.807, 2.05) is 18.2 Å². The number of hydrogen-bond donors (Lipinski definition) is 1. The van der Waals surface area contributed by atoms with Crippen molar-refractivity contribution in [2.45, 2.75) is 13.5 Å². The van der Waals surface area contributed by atoms with Gasteiger partial charge in [-0.3, -0.25) is 19.5 Å². The molecule has 3 aromatic heterocycles. The second-order valence-corrected chi connectivity index (χ2v) is 7.02. The van der Waals surface area contributed by atoms with Crippen LogP contribution in [0.1, 0.15) is 15.9 Å². The summed E-state index contributed by atoms with van der Waals surface area (Å²) in [6.07, 6.45) is 5.00. The summed E-state index contributed by atoms with van der Waals surface area (Å²) in [5.41, 5.74) is 1.04. The molecule has 1 N–H and O–H groups in total. The van der Waals surface area contributed by atoms with Crippen LogP contribution in [-0.4, -0.2) is 58.2 Å². The van der Waals surface area contributed by atoms with Crippen molar-refractivity contribution in [1.82, 2.24) is 19.4 Å². The number of anilines is 1.